The number of nitrogens with one attached hydrogen (secondary N) is 3. The molecule has 2 fully saturated rings. The molecule has 268 valence electrons. The summed E-state index contributed by atoms with van der Waals surface area (Å²) in [6, 6.07) is 0.589. The zero-order chi connectivity index (χ0) is 33.5. The summed E-state index contributed by atoms with van der Waals surface area (Å²) in [6.07, 6.45) is -1.68. The molecular formula is C28H53N3O14Si. The summed E-state index contributed by atoms with van der Waals surface area (Å²) in [6.45, 7) is 11.7. The number of hydrogen-bond donors (Lipinski definition) is 3. The number of amides is 3. The Bertz CT molecular complexity index is 835. The molecule has 0 spiro atoms. The van der Waals surface area contributed by atoms with E-state index in [1.165, 1.54) is 0 Å². The molecule has 2 aliphatic heterocycles. The molecule has 4 unspecified atom stereocenters. The lowest BCUT2D eigenvalue weighted by Gasteiger charge is -2.28. The lowest BCUT2D eigenvalue weighted by atomic mass is 10.4. The quantitative estimate of drug-likeness (QED) is 0.0429. The van der Waals surface area contributed by atoms with Crippen LogP contribution in [0.2, 0.25) is 6.04 Å². The van der Waals surface area contributed by atoms with E-state index in [0.717, 1.165) is 0 Å². The van der Waals surface area contributed by atoms with Crippen LogP contribution in [0.25, 0.3) is 0 Å². The first kappa shape index (κ1) is 40.0. The largest absolute Gasteiger partial charge is 0.500 e. The second-order valence-electron chi connectivity index (χ2n) is 10.2. The number of hydrogen-bond acceptors (Lipinski definition) is 14. The number of carbonyl (C=O) groups excluding carboxylic acids is 3. The Labute approximate surface area is 272 Å². The van der Waals surface area contributed by atoms with Gasteiger partial charge in [-0.3, -0.25) is 10.1 Å². The molecular weight excluding hydrogens is 630 g/mol. The zero-order valence-electron chi connectivity index (χ0n) is 27.5. The first-order chi connectivity index (χ1) is 22.3. The van der Waals surface area contributed by atoms with Crippen molar-refractivity contribution in [1.29, 1.82) is 0 Å². The third-order valence-corrected chi connectivity index (χ3v) is 9.31. The summed E-state index contributed by atoms with van der Waals surface area (Å²) < 4.78 is 60.2. The highest BCUT2D eigenvalue weighted by atomic mass is 28.4. The first-order valence-corrected chi connectivity index (χ1v) is 17.9. The van der Waals surface area contributed by atoms with Crippen LogP contribution in [0.5, 0.6) is 0 Å². The molecule has 2 rings (SSSR count). The smallest absolute Gasteiger partial charge is 0.447 e. The molecule has 0 bridgehead atoms. The molecule has 4 atom stereocenters. The molecule has 46 heavy (non-hydrogen) atoms. The van der Waals surface area contributed by atoms with Gasteiger partial charge in [-0.05, 0) is 34.1 Å². The van der Waals surface area contributed by atoms with Crippen molar-refractivity contribution < 1.29 is 65.6 Å². The lowest BCUT2D eigenvalue weighted by Crippen LogP contribution is -2.46. The monoisotopic (exact) mass is 683 g/mol. The fourth-order valence-electron chi connectivity index (χ4n) is 3.86. The standard InChI is InChI=1S/C28H53N3O14Si/c1-5-43-46(44-6-2,45-7-3)14-8-9-29-26(32)21-36-16-23(15-35-11-10-30-27(33)41-19-24-17-39-24)38-13-12-37-22(4)31-28(34)42-20-25-18-40-25/h22-25H,5-21H2,1-4H3,(H,29,32)(H,30,33)(H,31,34). The minimum Gasteiger partial charge on any atom is -0.447 e. The van der Waals surface area contributed by atoms with Crippen molar-refractivity contribution in [3.05, 3.63) is 0 Å². The molecule has 3 amide bonds. The van der Waals surface area contributed by atoms with Crippen LogP contribution in [0.3, 0.4) is 0 Å². The van der Waals surface area contributed by atoms with Gasteiger partial charge in [0, 0.05) is 39.0 Å². The van der Waals surface area contributed by atoms with Crippen LogP contribution < -0.4 is 16.0 Å². The number of carbonyl (C=O) groups is 3. The minimum atomic E-state index is -2.77. The number of alkyl carbamates (subject to hydrolysis) is 2. The van der Waals surface area contributed by atoms with Gasteiger partial charge in [-0.15, -0.1) is 0 Å². The van der Waals surface area contributed by atoms with Crippen LogP contribution >= 0.6 is 0 Å². The van der Waals surface area contributed by atoms with Crippen LogP contribution in [0.4, 0.5) is 9.59 Å². The maximum absolute atomic E-state index is 12.4. The molecule has 0 aromatic carbocycles. The minimum absolute atomic E-state index is 0.0108. The lowest BCUT2D eigenvalue weighted by molar-refractivity contribution is -0.129. The van der Waals surface area contributed by atoms with Crippen molar-refractivity contribution in [2.75, 3.05) is 99.0 Å². The average Bonchev–Trinajstić information content (AvgIpc) is 3.95. The van der Waals surface area contributed by atoms with E-state index in [1.54, 1.807) is 6.92 Å². The van der Waals surface area contributed by atoms with Gasteiger partial charge in [0.1, 0.15) is 44.4 Å². The van der Waals surface area contributed by atoms with Gasteiger partial charge in [0.25, 0.3) is 0 Å². The topological polar surface area (TPSA) is 195 Å². The van der Waals surface area contributed by atoms with Crippen molar-refractivity contribution in [2.24, 2.45) is 0 Å². The van der Waals surface area contributed by atoms with Crippen molar-refractivity contribution in [3.63, 3.8) is 0 Å². The predicted molar refractivity (Wildman–Crippen MR) is 163 cm³/mol. The van der Waals surface area contributed by atoms with Crippen LogP contribution in [0.1, 0.15) is 34.1 Å². The summed E-state index contributed by atoms with van der Waals surface area (Å²) in [5, 5.41) is 7.99. The van der Waals surface area contributed by atoms with E-state index in [9.17, 15) is 14.4 Å². The van der Waals surface area contributed by atoms with E-state index < -0.39 is 33.3 Å². The molecule has 2 saturated heterocycles. The molecule has 2 heterocycles. The van der Waals surface area contributed by atoms with Crippen LogP contribution in [-0.4, -0.2) is 150 Å². The zero-order valence-corrected chi connectivity index (χ0v) is 28.5. The highest BCUT2D eigenvalue weighted by Gasteiger charge is 2.39. The van der Waals surface area contributed by atoms with Gasteiger partial charge < -0.3 is 61.8 Å². The van der Waals surface area contributed by atoms with Gasteiger partial charge in [-0.2, -0.15) is 0 Å². The normalized spacial score (nSPS) is 18.3. The van der Waals surface area contributed by atoms with Crippen LogP contribution in [0, 0.1) is 0 Å². The molecule has 18 heteroatoms. The van der Waals surface area contributed by atoms with Gasteiger partial charge in [0.2, 0.25) is 5.91 Å². The highest BCUT2D eigenvalue weighted by Crippen LogP contribution is 2.17. The first-order valence-electron chi connectivity index (χ1n) is 15.9. The molecule has 3 N–H and O–H groups in total. The molecule has 0 aromatic rings. The highest BCUT2D eigenvalue weighted by molar-refractivity contribution is 6.60. The van der Waals surface area contributed by atoms with E-state index in [4.69, 9.17) is 51.2 Å². The van der Waals surface area contributed by atoms with E-state index in [1.807, 2.05) is 20.8 Å². The fourth-order valence-corrected chi connectivity index (χ4v) is 6.47. The Morgan fingerprint density at radius 2 is 1.37 bits per heavy atom. The third kappa shape index (κ3) is 20.2. The summed E-state index contributed by atoms with van der Waals surface area (Å²) in [5.41, 5.74) is 0. The summed E-state index contributed by atoms with van der Waals surface area (Å²) in [5.74, 6) is -0.279. The van der Waals surface area contributed by atoms with Crippen molar-refractivity contribution in [3.8, 4) is 0 Å². The molecule has 2 aliphatic rings. The van der Waals surface area contributed by atoms with Crippen molar-refractivity contribution >= 4 is 26.9 Å². The van der Waals surface area contributed by atoms with Gasteiger partial charge in [-0.25, -0.2) is 9.59 Å². The van der Waals surface area contributed by atoms with Gasteiger partial charge in [0.05, 0.1) is 46.2 Å². The maximum atomic E-state index is 12.4. The van der Waals surface area contributed by atoms with Crippen LogP contribution in [0.15, 0.2) is 0 Å². The maximum Gasteiger partial charge on any atom is 0.500 e. The Kier molecular flexibility index (Phi) is 21.0. The van der Waals surface area contributed by atoms with Gasteiger partial charge >= 0.3 is 21.0 Å². The van der Waals surface area contributed by atoms with E-state index in [-0.39, 0.29) is 77.5 Å². The number of ether oxygens (including phenoxy) is 8. The second kappa shape index (κ2) is 24.1. The Morgan fingerprint density at radius 3 is 1.98 bits per heavy atom. The summed E-state index contributed by atoms with van der Waals surface area (Å²) >= 11 is 0. The summed E-state index contributed by atoms with van der Waals surface area (Å²) in [4.78, 5) is 35.8. The second-order valence-corrected chi connectivity index (χ2v) is 12.9. The predicted octanol–water partition coefficient (Wildman–Crippen LogP) is 0.572. The van der Waals surface area contributed by atoms with Crippen molar-refractivity contribution in [1.82, 2.24) is 16.0 Å². The number of epoxide rings is 2. The Morgan fingerprint density at radius 1 is 0.783 bits per heavy atom. The average molecular weight is 684 g/mol. The van der Waals surface area contributed by atoms with Gasteiger partial charge in [-0.1, -0.05) is 0 Å². The van der Waals surface area contributed by atoms with Crippen molar-refractivity contribution in [2.45, 2.75) is 64.7 Å². The molecule has 0 aromatic heterocycles. The Balaban J connectivity index is 1.66. The Hall–Kier alpha value is -2.13. The summed E-state index contributed by atoms with van der Waals surface area (Å²) in [7, 11) is -2.77. The SMILES string of the molecule is CCO[Si](CCCNC(=O)COCC(COCCNC(=O)OCC1CO1)OCCOC(C)NC(=O)OCC1CO1)(OCC)OCC. The van der Waals surface area contributed by atoms with E-state index >= 15 is 0 Å². The molecule has 0 radical (unpaired) electrons. The van der Waals surface area contributed by atoms with Crippen LogP contribution in [-0.2, 0) is 56.0 Å². The van der Waals surface area contributed by atoms with E-state index in [2.05, 4.69) is 16.0 Å². The number of rotatable bonds is 29. The van der Waals surface area contributed by atoms with Gasteiger partial charge in [0.15, 0.2) is 0 Å². The molecule has 0 saturated carbocycles. The molecule has 17 nitrogen and oxygen atoms in total. The molecule has 0 aliphatic carbocycles. The van der Waals surface area contributed by atoms with E-state index in [0.29, 0.717) is 52.0 Å². The third-order valence-electron chi connectivity index (χ3n) is 6.16. The fraction of sp³-hybridized carbons (Fsp3) is 0.893.